The number of hydrogen-bond donors (Lipinski definition) is 1. The molecule has 8 nitrogen and oxygen atoms in total. The van der Waals surface area contributed by atoms with Crippen LogP contribution in [0.25, 0.3) is 0 Å². The lowest BCUT2D eigenvalue weighted by molar-refractivity contribution is -0.122. The molecule has 1 saturated heterocycles. The summed E-state index contributed by atoms with van der Waals surface area (Å²) in [5.41, 5.74) is 3.39. The lowest BCUT2D eigenvalue weighted by Crippen LogP contribution is -2.46. The number of amides is 1. The summed E-state index contributed by atoms with van der Waals surface area (Å²) in [6, 6.07) is 11.5. The van der Waals surface area contributed by atoms with Gasteiger partial charge in [-0.05, 0) is 55.8 Å². The lowest BCUT2D eigenvalue weighted by Gasteiger charge is -2.36. The molecule has 2 aromatic rings. The standard InChI is InChI=1S/C24H29N3O5/c1-4-31-24(29)18-5-7-19(8-6-18)27-11-9-26(10-12-27)15-17-13-20-22(21(14-17)30-3)32-16(2)23(28)25-20/h5-8,13-14,16H,4,9-12,15H2,1-3H3,(H,25,28). The van der Waals surface area contributed by atoms with E-state index in [1.165, 1.54) is 0 Å². The Morgan fingerprint density at radius 3 is 2.53 bits per heavy atom. The third-order valence-corrected chi connectivity index (χ3v) is 5.78. The molecule has 32 heavy (non-hydrogen) atoms. The predicted octanol–water partition coefficient (Wildman–Crippen LogP) is 2.91. The Morgan fingerprint density at radius 2 is 1.88 bits per heavy atom. The highest BCUT2D eigenvalue weighted by Gasteiger charge is 2.27. The molecule has 2 aliphatic rings. The van der Waals surface area contributed by atoms with E-state index in [2.05, 4.69) is 15.1 Å². The Morgan fingerprint density at radius 1 is 1.16 bits per heavy atom. The summed E-state index contributed by atoms with van der Waals surface area (Å²) in [6.07, 6.45) is -0.540. The average Bonchev–Trinajstić information content (AvgIpc) is 2.80. The Bertz CT molecular complexity index is 984. The first-order chi connectivity index (χ1) is 15.5. The molecule has 1 atom stereocenters. The zero-order valence-electron chi connectivity index (χ0n) is 18.7. The smallest absolute Gasteiger partial charge is 0.338 e. The van der Waals surface area contributed by atoms with Crippen molar-refractivity contribution in [1.82, 2.24) is 4.90 Å². The van der Waals surface area contributed by atoms with E-state index in [0.717, 1.165) is 44.0 Å². The number of esters is 1. The molecule has 2 aliphatic heterocycles. The van der Waals surface area contributed by atoms with Crippen molar-refractivity contribution in [1.29, 1.82) is 0 Å². The maximum absolute atomic E-state index is 12.0. The number of nitrogens with zero attached hydrogens (tertiary/aromatic N) is 2. The zero-order chi connectivity index (χ0) is 22.7. The summed E-state index contributed by atoms with van der Waals surface area (Å²) in [5.74, 6) is 0.767. The summed E-state index contributed by atoms with van der Waals surface area (Å²) in [4.78, 5) is 28.5. The van der Waals surface area contributed by atoms with Gasteiger partial charge in [-0.25, -0.2) is 4.79 Å². The third-order valence-electron chi connectivity index (χ3n) is 5.78. The van der Waals surface area contributed by atoms with Gasteiger partial charge in [0.05, 0.1) is 25.0 Å². The van der Waals surface area contributed by atoms with Crippen molar-refractivity contribution in [3.63, 3.8) is 0 Å². The quantitative estimate of drug-likeness (QED) is 0.693. The summed E-state index contributed by atoms with van der Waals surface area (Å²) in [5, 5.41) is 2.91. The maximum Gasteiger partial charge on any atom is 0.338 e. The molecule has 1 fully saturated rings. The molecule has 1 unspecified atom stereocenters. The van der Waals surface area contributed by atoms with Crippen LogP contribution in [0.1, 0.15) is 29.8 Å². The first-order valence-corrected chi connectivity index (χ1v) is 10.9. The van der Waals surface area contributed by atoms with Crippen LogP contribution in [0.15, 0.2) is 36.4 Å². The van der Waals surface area contributed by atoms with Crippen LogP contribution in [0.5, 0.6) is 11.5 Å². The molecule has 4 rings (SSSR count). The molecule has 0 bridgehead atoms. The first-order valence-electron chi connectivity index (χ1n) is 10.9. The predicted molar refractivity (Wildman–Crippen MR) is 122 cm³/mol. The topological polar surface area (TPSA) is 80.3 Å². The van der Waals surface area contributed by atoms with Gasteiger partial charge in [0, 0.05) is 38.4 Å². The summed E-state index contributed by atoms with van der Waals surface area (Å²) in [6.45, 7) is 8.22. The lowest BCUT2D eigenvalue weighted by atomic mass is 10.1. The number of hydrogen-bond acceptors (Lipinski definition) is 7. The fourth-order valence-electron chi connectivity index (χ4n) is 4.03. The van der Waals surface area contributed by atoms with Gasteiger partial charge in [-0.3, -0.25) is 9.69 Å². The highest BCUT2D eigenvalue weighted by Crippen LogP contribution is 2.40. The van der Waals surface area contributed by atoms with Crippen molar-refractivity contribution >= 4 is 23.3 Å². The van der Waals surface area contributed by atoms with Gasteiger partial charge in [0.2, 0.25) is 0 Å². The Balaban J connectivity index is 1.38. The number of anilines is 2. The third kappa shape index (κ3) is 4.65. The summed E-state index contributed by atoms with van der Waals surface area (Å²) >= 11 is 0. The van der Waals surface area contributed by atoms with Crippen LogP contribution in [-0.4, -0.2) is 62.8 Å². The van der Waals surface area contributed by atoms with E-state index in [-0.39, 0.29) is 11.9 Å². The molecule has 0 saturated carbocycles. The molecule has 0 aromatic heterocycles. The normalized spacial score (nSPS) is 18.4. The second-order valence-corrected chi connectivity index (χ2v) is 7.95. The molecular formula is C24H29N3O5. The Hall–Kier alpha value is -3.26. The number of piperazine rings is 1. The van der Waals surface area contributed by atoms with Gasteiger partial charge in [0.1, 0.15) is 0 Å². The van der Waals surface area contributed by atoms with Gasteiger partial charge in [-0.15, -0.1) is 0 Å². The van der Waals surface area contributed by atoms with Crippen molar-refractivity contribution in [3.8, 4) is 11.5 Å². The minimum absolute atomic E-state index is 0.153. The number of carbonyl (C=O) groups is 2. The molecule has 0 aliphatic carbocycles. The Labute approximate surface area is 188 Å². The second-order valence-electron chi connectivity index (χ2n) is 7.95. The van der Waals surface area contributed by atoms with Gasteiger partial charge in [-0.1, -0.05) is 0 Å². The van der Waals surface area contributed by atoms with Crippen molar-refractivity contribution in [3.05, 3.63) is 47.5 Å². The highest BCUT2D eigenvalue weighted by atomic mass is 16.5. The number of rotatable bonds is 6. The van der Waals surface area contributed by atoms with E-state index in [4.69, 9.17) is 14.2 Å². The van der Waals surface area contributed by atoms with E-state index in [1.807, 2.05) is 36.4 Å². The van der Waals surface area contributed by atoms with Crippen molar-refractivity contribution in [2.75, 3.05) is 50.1 Å². The number of nitrogens with one attached hydrogen (secondary N) is 1. The average molecular weight is 440 g/mol. The van der Waals surface area contributed by atoms with Crippen LogP contribution in [-0.2, 0) is 16.1 Å². The van der Waals surface area contributed by atoms with Crippen LogP contribution in [0.4, 0.5) is 11.4 Å². The largest absolute Gasteiger partial charge is 0.493 e. The number of carbonyl (C=O) groups excluding carboxylic acids is 2. The van der Waals surface area contributed by atoms with Crippen molar-refractivity contribution < 1.29 is 23.8 Å². The molecule has 1 N–H and O–H groups in total. The number of benzene rings is 2. The molecule has 2 heterocycles. The SMILES string of the molecule is CCOC(=O)c1ccc(N2CCN(Cc3cc4c(c(OC)c3)OC(C)C(=O)N4)CC2)cc1. The van der Waals surface area contributed by atoms with Crippen LogP contribution in [0.2, 0.25) is 0 Å². The fraction of sp³-hybridized carbons (Fsp3) is 0.417. The first kappa shape index (κ1) is 22.0. The van der Waals surface area contributed by atoms with Gasteiger partial charge < -0.3 is 24.4 Å². The van der Waals surface area contributed by atoms with E-state index in [1.54, 1.807) is 21.0 Å². The van der Waals surface area contributed by atoms with Crippen LogP contribution in [0, 0.1) is 0 Å². The summed E-state index contributed by atoms with van der Waals surface area (Å²) < 4.78 is 16.3. The minimum atomic E-state index is -0.540. The number of methoxy groups -OCH3 is 1. The van der Waals surface area contributed by atoms with E-state index < -0.39 is 6.10 Å². The molecule has 0 radical (unpaired) electrons. The van der Waals surface area contributed by atoms with Gasteiger partial charge in [-0.2, -0.15) is 0 Å². The maximum atomic E-state index is 12.0. The monoisotopic (exact) mass is 439 g/mol. The van der Waals surface area contributed by atoms with E-state index in [9.17, 15) is 9.59 Å². The van der Waals surface area contributed by atoms with Crippen LogP contribution in [0.3, 0.4) is 0 Å². The highest BCUT2D eigenvalue weighted by molar-refractivity contribution is 5.98. The second kappa shape index (κ2) is 9.48. The van der Waals surface area contributed by atoms with Gasteiger partial charge in [0.15, 0.2) is 17.6 Å². The van der Waals surface area contributed by atoms with Gasteiger partial charge >= 0.3 is 5.97 Å². The number of fused-ring (bicyclic) bond motifs is 1. The summed E-state index contributed by atoms with van der Waals surface area (Å²) in [7, 11) is 1.61. The minimum Gasteiger partial charge on any atom is -0.493 e. The van der Waals surface area contributed by atoms with Gasteiger partial charge in [0.25, 0.3) is 5.91 Å². The molecule has 8 heteroatoms. The van der Waals surface area contributed by atoms with Crippen molar-refractivity contribution in [2.45, 2.75) is 26.5 Å². The molecule has 1 amide bonds. The fourth-order valence-corrected chi connectivity index (χ4v) is 4.03. The molecule has 0 spiro atoms. The van der Waals surface area contributed by atoms with Crippen LogP contribution >= 0.6 is 0 Å². The zero-order valence-corrected chi connectivity index (χ0v) is 18.7. The number of ether oxygens (including phenoxy) is 3. The van der Waals surface area contributed by atoms with E-state index >= 15 is 0 Å². The molecule has 170 valence electrons. The Kier molecular flexibility index (Phi) is 6.50. The van der Waals surface area contributed by atoms with E-state index in [0.29, 0.717) is 29.4 Å². The molecule has 2 aromatic carbocycles. The van der Waals surface area contributed by atoms with Crippen LogP contribution < -0.4 is 19.7 Å². The van der Waals surface area contributed by atoms with Crippen molar-refractivity contribution in [2.24, 2.45) is 0 Å². The molecular weight excluding hydrogens is 410 g/mol.